The highest BCUT2D eigenvalue weighted by Crippen LogP contribution is 2.41. The van der Waals surface area contributed by atoms with Crippen molar-refractivity contribution in [3.8, 4) is 0 Å². The summed E-state index contributed by atoms with van der Waals surface area (Å²) in [6.07, 6.45) is 0.861. The number of aryl methyl sites for hydroxylation is 1. The summed E-state index contributed by atoms with van der Waals surface area (Å²) in [5.74, 6) is 0.275. The van der Waals surface area contributed by atoms with Crippen molar-refractivity contribution in [2.45, 2.75) is 29.5 Å². The highest BCUT2D eigenvalue weighted by Gasteiger charge is 2.39. The van der Waals surface area contributed by atoms with Gasteiger partial charge in [0, 0.05) is 21.9 Å². The number of thiophene rings is 1. The van der Waals surface area contributed by atoms with Gasteiger partial charge in [-0.2, -0.15) is 0 Å². The van der Waals surface area contributed by atoms with Crippen LogP contribution in [0, 0.1) is 6.92 Å². The van der Waals surface area contributed by atoms with Crippen molar-refractivity contribution in [1.82, 2.24) is 5.32 Å². The molecule has 9 heteroatoms. The SMILES string of the molecule is Cc1sc(S(N)(=O)=O)cc1NC(=O)N[C@@H]1C[C@H]1c1ccc(Cl)cc1. The highest BCUT2D eigenvalue weighted by molar-refractivity contribution is 7.91. The number of carbonyl (C=O) groups is 1. The summed E-state index contributed by atoms with van der Waals surface area (Å²) in [6, 6.07) is 8.63. The van der Waals surface area contributed by atoms with Crippen LogP contribution < -0.4 is 15.8 Å². The molecule has 2 aromatic rings. The molecule has 2 atom stereocenters. The molecule has 3 rings (SSSR count). The third-order valence-corrected chi connectivity index (χ3v) is 6.55. The number of sulfonamides is 1. The van der Waals surface area contributed by atoms with Crippen molar-refractivity contribution in [2.24, 2.45) is 5.14 Å². The van der Waals surface area contributed by atoms with Crippen molar-refractivity contribution in [2.75, 3.05) is 5.32 Å². The summed E-state index contributed by atoms with van der Waals surface area (Å²) in [5.41, 5.74) is 1.58. The highest BCUT2D eigenvalue weighted by atomic mass is 35.5. The molecule has 1 heterocycles. The zero-order valence-corrected chi connectivity index (χ0v) is 15.1. The van der Waals surface area contributed by atoms with Gasteiger partial charge in [0.2, 0.25) is 10.0 Å². The van der Waals surface area contributed by atoms with Crippen molar-refractivity contribution in [3.63, 3.8) is 0 Å². The van der Waals surface area contributed by atoms with Crippen LogP contribution >= 0.6 is 22.9 Å². The van der Waals surface area contributed by atoms with Gasteiger partial charge in [-0.05, 0) is 37.1 Å². The van der Waals surface area contributed by atoms with Crippen LogP contribution in [0.4, 0.5) is 10.5 Å². The quantitative estimate of drug-likeness (QED) is 0.753. The maximum Gasteiger partial charge on any atom is 0.319 e. The topological polar surface area (TPSA) is 101 Å². The lowest BCUT2D eigenvalue weighted by Crippen LogP contribution is -2.31. The van der Waals surface area contributed by atoms with E-state index >= 15 is 0 Å². The Kier molecular flexibility index (Phi) is 4.56. The van der Waals surface area contributed by atoms with Gasteiger partial charge in [0.15, 0.2) is 0 Å². The predicted octanol–water partition coefficient (Wildman–Crippen LogP) is 3.03. The van der Waals surface area contributed by atoms with E-state index in [1.54, 1.807) is 6.92 Å². The van der Waals surface area contributed by atoms with Crippen LogP contribution in [0.3, 0.4) is 0 Å². The van der Waals surface area contributed by atoms with E-state index in [1.807, 2.05) is 24.3 Å². The Bertz CT molecular complexity index is 878. The molecular weight excluding hydrogens is 370 g/mol. The van der Waals surface area contributed by atoms with Gasteiger partial charge in [-0.15, -0.1) is 11.3 Å². The second-order valence-corrected chi connectivity index (χ2v) is 9.16. The minimum absolute atomic E-state index is 0.0285. The van der Waals surface area contributed by atoms with E-state index in [1.165, 1.54) is 6.07 Å². The monoisotopic (exact) mass is 385 g/mol. The van der Waals surface area contributed by atoms with Gasteiger partial charge in [0.1, 0.15) is 4.21 Å². The van der Waals surface area contributed by atoms with E-state index < -0.39 is 10.0 Å². The van der Waals surface area contributed by atoms with Crippen molar-refractivity contribution in [3.05, 3.63) is 45.8 Å². The maximum atomic E-state index is 12.1. The standard InChI is InChI=1S/C15H16ClN3O3S2/c1-8-12(7-14(23-8)24(17,21)22)18-15(20)19-13-6-11(13)9-2-4-10(16)5-3-9/h2-5,7,11,13H,6H2,1H3,(H2,17,21,22)(H2,18,19,20)/t11-,13+/m0/s1. The van der Waals surface area contributed by atoms with Gasteiger partial charge in [-0.3, -0.25) is 0 Å². The first-order valence-corrected chi connectivity index (χ1v) is 9.94. The molecule has 1 aliphatic rings. The molecule has 1 aromatic heterocycles. The molecule has 24 heavy (non-hydrogen) atoms. The summed E-state index contributed by atoms with van der Waals surface area (Å²) in [4.78, 5) is 12.8. The van der Waals surface area contributed by atoms with Crippen LogP contribution in [0.1, 0.15) is 22.8 Å². The zero-order valence-electron chi connectivity index (χ0n) is 12.7. The number of primary sulfonamides is 1. The number of amides is 2. The first-order chi connectivity index (χ1) is 11.2. The number of nitrogens with two attached hydrogens (primary N) is 1. The normalized spacial score (nSPS) is 19.8. The molecule has 0 spiro atoms. The Hall–Kier alpha value is -1.61. The Balaban J connectivity index is 1.59. The van der Waals surface area contributed by atoms with E-state index in [9.17, 15) is 13.2 Å². The van der Waals surface area contributed by atoms with E-state index in [0.29, 0.717) is 15.6 Å². The van der Waals surface area contributed by atoms with Crippen molar-refractivity contribution >= 4 is 44.7 Å². The zero-order chi connectivity index (χ0) is 17.5. The van der Waals surface area contributed by atoms with Crippen LogP contribution in [0.2, 0.25) is 5.02 Å². The molecule has 0 radical (unpaired) electrons. The van der Waals surface area contributed by atoms with Crippen molar-refractivity contribution in [1.29, 1.82) is 0 Å². The largest absolute Gasteiger partial charge is 0.334 e. The third-order valence-electron chi connectivity index (χ3n) is 3.83. The minimum Gasteiger partial charge on any atom is -0.334 e. The summed E-state index contributed by atoms with van der Waals surface area (Å²) in [6.45, 7) is 1.72. The molecule has 4 N–H and O–H groups in total. The van der Waals surface area contributed by atoms with Crippen LogP contribution in [0.25, 0.3) is 0 Å². The van der Waals surface area contributed by atoms with Crippen molar-refractivity contribution < 1.29 is 13.2 Å². The Labute approximate surface area is 149 Å². The Morgan fingerprint density at radius 2 is 2.00 bits per heavy atom. The summed E-state index contributed by atoms with van der Waals surface area (Å²) >= 11 is 6.89. The Morgan fingerprint density at radius 3 is 2.58 bits per heavy atom. The third kappa shape index (κ3) is 3.89. The molecular formula is C15H16ClN3O3S2. The van der Waals surface area contributed by atoms with Crippen LogP contribution in [0.5, 0.6) is 0 Å². The molecule has 0 saturated heterocycles. The van der Waals surface area contributed by atoms with Crippen LogP contribution in [0.15, 0.2) is 34.5 Å². The molecule has 2 amide bonds. The smallest absolute Gasteiger partial charge is 0.319 e. The molecule has 0 bridgehead atoms. The van der Waals surface area contributed by atoms with Gasteiger partial charge in [-0.25, -0.2) is 18.4 Å². The summed E-state index contributed by atoms with van der Waals surface area (Å²) in [5, 5.41) is 11.3. The van der Waals surface area contributed by atoms with E-state index in [2.05, 4.69) is 10.6 Å². The van der Waals surface area contributed by atoms with E-state index in [-0.39, 0.29) is 22.2 Å². The molecule has 1 aromatic carbocycles. The Morgan fingerprint density at radius 1 is 1.33 bits per heavy atom. The van der Waals surface area contributed by atoms with Crippen LogP contribution in [-0.2, 0) is 10.0 Å². The number of nitrogens with one attached hydrogen (secondary N) is 2. The van der Waals surface area contributed by atoms with Gasteiger partial charge in [0.05, 0.1) is 5.69 Å². The second-order valence-electron chi connectivity index (χ2n) is 5.68. The van der Waals surface area contributed by atoms with E-state index in [4.69, 9.17) is 16.7 Å². The predicted molar refractivity (Wildman–Crippen MR) is 95.2 cm³/mol. The minimum atomic E-state index is -3.76. The number of hydrogen-bond acceptors (Lipinski definition) is 4. The number of benzene rings is 1. The first kappa shape index (κ1) is 17.2. The van der Waals surface area contributed by atoms with E-state index in [0.717, 1.165) is 23.3 Å². The molecule has 6 nitrogen and oxygen atoms in total. The average molecular weight is 386 g/mol. The molecule has 0 aliphatic heterocycles. The van der Waals surface area contributed by atoms with Crippen LogP contribution in [-0.4, -0.2) is 20.5 Å². The summed E-state index contributed by atoms with van der Waals surface area (Å²) < 4.78 is 22.7. The number of carbonyl (C=O) groups excluding carboxylic acids is 1. The number of anilines is 1. The lowest BCUT2D eigenvalue weighted by atomic mass is 10.1. The molecule has 1 saturated carbocycles. The maximum absolute atomic E-state index is 12.1. The molecule has 1 fully saturated rings. The lowest BCUT2D eigenvalue weighted by Gasteiger charge is -2.07. The van der Waals surface area contributed by atoms with Gasteiger partial charge in [-0.1, -0.05) is 23.7 Å². The average Bonchev–Trinajstić information content (AvgIpc) is 3.14. The molecule has 128 valence electrons. The molecule has 1 aliphatic carbocycles. The lowest BCUT2D eigenvalue weighted by molar-refractivity contribution is 0.251. The fraction of sp³-hybridized carbons (Fsp3) is 0.267. The summed E-state index contributed by atoms with van der Waals surface area (Å²) in [7, 11) is -3.76. The fourth-order valence-corrected chi connectivity index (χ4v) is 4.42. The second kappa shape index (κ2) is 6.36. The number of hydrogen-bond donors (Lipinski definition) is 3. The van der Waals surface area contributed by atoms with Gasteiger partial charge < -0.3 is 10.6 Å². The number of urea groups is 1. The number of halogens is 1. The van der Waals surface area contributed by atoms with Gasteiger partial charge >= 0.3 is 6.03 Å². The first-order valence-electron chi connectivity index (χ1n) is 7.20. The fourth-order valence-electron chi connectivity index (χ4n) is 2.48. The van der Waals surface area contributed by atoms with Gasteiger partial charge in [0.25, 0.3) is 0 Å². The number of rotatable bonds is 4. The molecule has 0 unspecified atom stereocenters.